The first kappa shape index (κ1) is 13.2. The summed E-state index contributed by atoms with van der Waals surface area (Å²) in [5.41, 5.74) is 6.23. The average Bonchev–Trinajstić information content (AvgIpc) is 2.36. The molecule has 0 bridgehead atoms. The first-order valence-electron chi connectivity index (χ1n) is 5.44. The van der Waals surface area contributed by atoms with Crippen LogP contribution in [0.1, 0.15) is 23.7 Å². The van der Waals surface area contributed by atoms with E-state index in [4.69, 9.17) is 10.5 Å². The highest BCUT2D eigenvalue weighted by Crippen LogP contribution is 2.10. The highest BCUT2D eigenvalue weighted by molar-refractivity contribution is 5.93. The van der Waals surface area contributed by atoms with Crippen molar-refractivity contribution in [3.8, 4) is 0 Å². The molecule has 0 aliphatic heterocycles. The summed E-state index contributed by atoms with van der Waals surface area (Å²) in [6, 6.07) is 6.47. The van der Waals surface area contributed by atoms with Crippen molar-refractivity contribution in [2.24, 2.45) is 5.73 Å². The molecule has 0 aliphatic carbocycles. The Labute approximate surface area is 99.9 Å². The molecule has 0 spiro atoms. The summed E-state index contributed by atoms with van der Waals surface area (Å²) in [6.07, 6.45) is 0.788. The predicted molar refractivity (Wildman–Crippen MR) is 64.7 cm³/mol. The molecule has 5 nitrogen and oxygen atoms in total. The largest absolute Gasteiger partial charge is 0.462 e. The Hall–Kier alpha value is -1.88. The Morgan fingerprint density at radius 3 is 2.47 bits per heavy atom. The maximum absolute atomic E-state index is 11.5. The van der Waals surface area contributed by atoms with Crippen LogP contribution in [0.25, 0.3) is 0 Å². The SMILES string of the molecule is CCCOC(=O)c1ccc(NC(=O)CN)cc1. The molecular formula is C12H16N2O3. The second kappa shape index (κ2) is 6.65. The number of nitrogens with two attached hydrogens (primary N) is 1. The summed E-state index contributed by atoms with van der Waals surface area (Å²) in [6.45, 7) is 2.27. The van der Waals surface area contributed by atoms with Crippen LogP contribution in [-0.4, -0.2) is 25.0 Å². The number of esters is 1. The number of hydrogen-bond donors (Lipinski definition) is 2. The zero-order valence-electron chi connectivity index (χ0n) is 9.73. The van der Waals surface area contributed by atoms with Crippen LogP contribution >= 0.6 is 0 Å². The van der Waals surface area contributed by atoms with Crippen molar-refractivity contribution in [2.75, 3.05) is 18.5 Å². The van der Waals surface area contributed by atoms with Crippen LogP contribution in [-0.2, 0) is 9.53 Å². The molecule has 0 atom stereocenters. The number of carbonyl (C=O) groups is 2. The van der Waals surface area contributed by atoms with Crippen LogP contribution in [0.4, 0.5) is 5.69 Å². The van der Waals surface area contributed by atoms with Crippen molar-refractivity contribution in [1.82, 2.24) is 0 Å². The molecule has 0 saturated carbocycles. The van der Waals surface area contributed by atoms with Gasteiger partial charge < -0.3 is 15.8 Å². The monoisotopic (exact) mass is 236 g/mol. The van der Waals surface area contributed by atoms with E-state index in [1.165, 1.54) is 0 Å². The van der Waals surface area contributed by atoms with E-state index in [2.05, 4.69) is 5.32 Å². The number of amides is 1. The molecule has 0 saturated heterocycles. The highest BCUT2D eigenvalue weighted by Gasteiger charge is 2.06. The van der Waals surface area contributed by atoms with Crippen LogP contribution in [0, 0.1) is 0 Å². The molecule has 0 heterocycles. The molecule has 1 aromatic rings. The van der Waals surface area contributed by atoms with Gasteiger partial charge in [0.2, 0.25) is 5.91 Å². The van der Waals surface area contributed by atoms with E-state index in [1.807, 2.05) is 6.92 Å². The van der Waals surface area contributed by atoms with E-state index in [-0.39, 0.29) is 18.4 Å². The van der Waals surface area contributed by atoms with Gasteiger partial charge in [-0.2, -0.15) is 0 Å². The van der Waals surface area contributed by atoms with Crippen LogP contribution < -0.4 is 11.1 Å². The van der Waals surface area contributed by atoms with Gasteiger partial charge in [-0.15, -0.1) is 0 Å². The van der Waals surface area contributed by atoms with Crippen molar-refractivity contribution >= 4 is 17.6 Å². The summed E-state index contributed by atoms with van der Waals surface area (Å²) in [5.74, 6) is -0.630. The maximum Gasteiger partial charge on any atom is 0.338 e. The molecule has 0 fully saturated rings. The molecule has 17 heavy (non-hydrogen) atoms. The number of hydrogen-bond acceptors (Lipinski definition) is 4. The fourth-order valence-electron chi connectivity index (χ4n) is 1.18. The van der Waals surface area contributed by atoms with Gasteiger partial charge in [0.25, 0.3) is 0 Å². The van der Waals surface area contributed by atoms with Crippen LogP contribution in [0.15, 0.2) is 24.3 Å². The molecule has 1 rings (SSSR count). The third-order valence-electron chi connectivity index (χ3n) is 2.03. The zero-order chi connectivity index (χ0) is 12.7. The smallest absolute Gasteiger partial charge is 0.338 e. The van der Waals surface area contributed by atoms with Gasteiger partial charge in [-0.3, -0.25) is 4.79 Å². The molecule has 0 unspecified atom stereocenters. The quantitative estimate of drug-likeness (QED) is 0.751. The van der Waals surface area contributed by atoms with E-state index >= 15 is 0 Å². The first-order chi connectivity index (χ1) is 8.17. The lowest BCUT2D eigenvalue weighted by Crippen LogP contribution is -2.21. The lowest BCUT2D eigenvalue weighted by molar-refractivity contribution is -0.114. The molecular weight excluding hydrogens is 220 g/mol. The number of carbonyl (C=O) groups excluding carboxylic acids is 2. The zero-order valence-corrected chi connectivity index (χ0v) is 9.73. The topological polar surface area (TPSA) is 81.4 Å². The normalized spacial score (nSPS) is 9.76. The third-order valence-corrected chi connectivity index (χ3v) is 2.03. The van der Waals surface area contributed by atoms with Crippen LogP contribution in [0.5, 0.6) is 0 Å². The van der Waals surface area contributed by atoms with Gasteiger partial charge in [-0.25, -0.2) is 4.79 Å². The Morgan fingerprint density at radius 1 is 1.29 bits per heavy atom. The highest BCUT2D eigenvalue weighted by atomic mass is 16.5. The fraction of sp³-hybridized carbons (Fsp3) is 0.333. The van der Waals surface area contributed by atoms with Gasteiger partial charge in [-0.1, -0.05) is 6.92 Å². The molecule has 92 valence electrons. The minimum atomic E-state index is -0.358. The second-order valence-electron chi connectivity index (χ2n) is 3.47. The van der Waals surface area contributed by atoms with E-state index in [0.717, 1.165) is 6.42 Å². The molecule has 0 radical (unpaired) electrons. The molecule has 0 aliphatic rings. The minimum absolute atomic E-state index is 0.0692. The molecule has 5 heteroatoms. The maximum atomic E-state index is 11.5. The van der Waals surface area contributed by atoms with Gasteiger partial charge >= 0.3 is 5.97 Å². The first-order valence-corrected chi connectivity index (χ1v) is 5.44. The summed E-state index contributed by atoms with van der Waals surface area (Å²) < 4.78 is 4.97. The summed E-state index contributed by atoms with van der Waals surface area (Å²) in [5, 5.41) is 2.58. The summed E-state index contributed by atoms with van der Waals surface area (Å²) in [7, 11) is 0. The lowest BCUT2D eigenvalue weighted by atomic mass is 10.2. The van der Waals surface area contributed by atoms with Crippen molar-refractivity contribution in [3.05, 3.63) is 29.8 Å². The van der Waals surface area contributed by atoms with E-state index in [9.17, 15) is 9.59 Å². The third kappa shape index (κ3) is 4.24. The standard InChI is InChI=1S/C12H16N2O3/c1-2-7-17-12(16)9-3-5-10(6-4-9)14-11(15)8-13/h3-6H,2,7-8,13H2,1H3,(H,14,15). The van der Waals surface area contributed by atoms with E-state index in [1.54, 1.807) is 24.3 Å². The fourth-order valence-corrected chi connectivity index (χ4v) is 1.18. The number of rotatable bonds is 5. The van der Waals surface area contributed by atoms with Gasteiger partial charge in [0, 0.05) is 5.69 Å². The number of anilines is 1. The van der Waals surface area contributed by atoms with Crippen molar-refractivity contribution in [2.45, 2.75) is 13.3 Å². The van der Waals surface area contributed by atoms with Gasteiger partial charge in [0.15, 0.2) is 0 Å². The summed E-state index contributed by atoms with van der Waals surface area (Å²) >= 11 is 0. The van der Waals surface area contributed by atoms with Crippen molar-refractivity contribution < 1.29 is 14.3 Å². The number of nitrogens with one attached hydrogen (secondary N) is 1. The van der Waals surface area contributed by atoms with E-state index in [0.29, 0.717) is 17.9 Å². The average molecular weight is 236 g/mol. The van der Waals surface area contributed by atoms with Gasteiger partial charge in [0.05, 0.1) is 18.7 Å². The summed E-state index contributed by atoms with van der Waals surface area (Å²) in [4.78, 5) is 22.5. The molecule has 1 amide bonds. The van der Waals surface area contributed by atoms with Gasteiger partial charge in [0.1, 0.15) is 0 Å². The Morgan fingerprint density at radius 2 is 1.94 bits per heavy atom. The second-order valence-corrected chi connectivity index (χ2v) is 3.47. The Kier molecular flexibility index (Phi) is 5.16. The van der Waals surface area contributed by atoms with Crippen molar-refractivity contribution in [1.29, 1.82) is 0 Å². The molecule has 1 aromatic carbocycles. The Bertz CT molecular complexity index is 387. The number of benzene rings is 1. The van der Waals surface area contributed by atoms with E-state index < -0.39 is 0 Å². The predicted octanol–water partition coefficient (Wildman–Crippen LogP) is 1.15. The van der Waals surface area contributed by atoms with Crippen LogP contribution in [0.3, 0.4) is 0 Å². The minimum Gasteiger partial charge on any atom is -0.462 e. The van der Waals surface area contributed by atoms with Crippen molar-refractivity contribution in [3.63, 3.8) is 0 Å². The molecule has 0 aromatic heterocycles. The van der Waals surface area contributed by atoms with Gasteiger partial charge in [-0.05, 0) is 30.7 Å². The number of ether oxygens (including phenoxy) is 1. The van der Waals surface area contributed by atoms with Crippen LogP contribution in [0.2, 0.25) is 0 Å². The molecule has 3 N–H and O–H groups in total. The lowest BCUT2D eigenvalue weighted by Gasteiger charge is -2.05. The Balaban J connectivity index is 2.61.